The van der Waals surface area contributed by atoms with E-state index in [1.54, 1.807) is 6.20 Å². The lowest BCUT2D eigenvalue weighted by molar-refractivity contribution is 0.476. The van der Waals surface area contributed by atoms with Gasteiger partial charge in [-0.15, -0.1) is 0 Å². The molecule has 0 atom stereocenters. The molecule has 0 amide bonds. The van der Waals surface area contributed by atoms with Crippen molar-refractivity contribution in [1.82, 2.24) is 40.2 Å². The van der Waals surface area contributed by atoms with Gasteiger partial charge in [-0.05, 0) is 43.3 Å². The smallest absolute Gasteiger partial charge is 0.0942 e. The standard InChI is InChI=1S/C23H20N8/c1-14-3-2-4-20(27-14)23-17(13-26-29-23)18-5-6-19-22(28-18)9-15(11-25-19)21-10-16-12-24-7-8-31(16)30-21/h2-6,9-11,13,24H,7-8,12H2,1H3,(H,26,29). The summed E-state index contributed by atoms with van der Waals surface area (Å²) in [7, 11) is 0. The Labute approximate surface area is 178 Å². The van der Waals surface area contributed by atoms with Crippen molar-refractivity contribution in [3.63, 3.8) is 0 Å². The van der Waals surface area contributed by atoms with E-state index in [0.29, 0.717) is 0 Å². The maximum absolute atomic E-state index is 4.90. The first kappa shape index (κ1) is 17.9. The highest BCUT2D eigenvalue weighted by molar-refractivity contribution is 5.84. The molecule has 0 aliphatic carbocycles. The third-order valence-electron chi connectivity index (χ3n) is 5.56. The van der Waals surface area contributed by atoms with Gasteiger partial charge in [-0.2, -0.15) is 10.2 Å². The average molecular weight is 408 g/mol. The first-order chi connectivity index (χ1) is 15.2. The molecule has 152 valence electrons. The van der Waals surface area contributed by atoms with Gasteiger partial charge in [0.1, 0.15) is 0 Å². The number of pyridine rings is 3. The van der Waals surface area contributed by atoms with Crippen LogP contribution in [0.2, 0.25) is 0 Å². The van der Waals surface area contributed by atoms with Crippen molar-refractivity contribution in [1.29, 1.82) is 0 Å². The highest BCUT2D eigenvalue weighted by Gasteiger charge is 2.15. The monoisotopic (exact) mass is 408 g/mol. The van der Waals surface area contributed by atoms with Crippen LogP contribution < -0.4 is 5.32 Å². The molecule has 2 N–H and O–H groups in total. The minimum atomic E-state index is 0.823. The molecule has 8 heteroatoms. The molecule has 1 aliphatic rings. The Balaban J connectivity index is 1.42. The Kier molecular flexibility index (Phi) is 4.10. The molecule has 5 aromatic heterocycles. The molecule has 0 radical (unpaired) electrons. The van der Waals surface area contributed by atoms with Crippen molar-refractivity contribution in [3.05, 3.63) is 66.2 Å². The molecule has 6 rings (SSSR count). The topological polar surface area (TPSA) is 97.2 Å². The van der Waals surface area contributed by atoms with Crippen molar-refractivity contribution >= 4 is 11.0 Å². The third kappa shape index (κ3) is 3.17. The fourth-order valence-electron chi connectivity index (χ4n) is 3.99. The van der Waals surface area contributed by atoms with E-state index in [-0.39, 0.29) is 0 Å². The van der Waals surface area contributed by atoms with E-state index in [9.17, 15) is 0 Å². The fourth-order valence-corrected chi connectivity index (χ4v) is 3.99. The van der Waals surface area contributed by atoms with Crippen LogP contribution in [0, 0.1) is 6.92 Å². The highest BCUT2D eigenvalue weighted by atomic mass is 15.3. The van der Waals surface area contributed by atoms with E-state index in [2.05, 4.69) is 42.3 Å². The van der Waals surface area contributed by atoms with Crippen LogP contribution in [0.15, 0.2) is 54.9 Å². The molecular weight excluding hydrogens is 388 g/mol. The molecule has 0 saturated carbocycles. The third-order valence-corrected chi connectivity index (χ3v) is 5.56. The van der Waals surface area contributed by atoms with Crippen LogP contribution in [-0.2, 0) is 13.1 Å². The quantitative estimate of drug-likeness (QED) is 0.475. The van der Waals surface area contributed by atoms with Crippen LogP contribution in [0.5, 0.6) is 0 Å². The molecule has 0 spiro atoms. The summed E-state index contributed by atoms with van der Waals surface area (Å²) >= 11 is 0. The number of aryl methyl sites for hydroxylation is 1. The fraction of sp³-hybridized carbons (Fsp3) is 0.174. The largest absolute Gasteiger partial charge is 0.309 e. The van der Waals surface area contributed by atoms with Gasteiger partial charge in [0, 0.05) is 36.1 Å². The Morgan fingerprint density at radius 3 is 2.81 bits per heavy atom. The number of aromatic amines is 1. The molecule has 8 nitrogen and oxygen atoms in total. The summed E-state index contributed by atoms with van der Waals surface area (Å²) in [6.07, 6.45) is 3.66. The predicted molar refractivity (Wildman–Crippen MR) is 118 cm³/mol. The number of H-pyrrole nitrogens is 1. The highest BCUT2D eigenvalue weighted by Crippen LogP contribution is 2.30. The van der Waals surface area contributed by atoms with Crippen molar-refractivity contribution in [2.24, 2.45) is 0 Å². The Morgan fingerprint density at radius 1 is 0.935 bits per heavy atom. The molecule has 31 heavy (non-hydrogen) atoms. The summed E-state index contributed by atoms with van der Waals surface area (Å²) in [6, 6.07) is 14.1. The van der Waals surface area contributed by atoms with Gasteiger partial charge >= 0.3 is 0 Å². The van der Waals surface area contributed by atoms with E-state index in [4.69, 9.17) is 10.1 Å². The van der Waals surface area contributed by atoms with Crippen molar-refractivity contribution in [3.8, 4) is 33.9 Å². The first-order valence-corrected chi connectivity index (χ1v) is 10.3. The second-order valence-corrected chi connectivity index (χ2v) is 7.70. The van der Waals surface area contributed by atoms with E-state index < -0.39 is 0 Å². The SMILES string of the molecule is Cc1cccc(-c2[nH]ncc2-c2ccc3ncc(-c4cc5n(n4)CCNC5)cc3n2)n1. The van der Waals surface area contributed by atoms with Gasteiger partial charge in [-0.3, -0.25) is 19.7 Å². The summed E-state index contributed by atoms with van der Waals surface area (Å²) in [5.41, 5.74) is 9.14. The Morgan fingerprint density at radius 2 is 1.90 bits per heavy atom. The molecule has 0 fully saturated rings. The molecule has 1 aliphatic heterocycles. The van der Waals surface area contributed by atoms with E-state index in [1.807, 2.05) is 43.5 Å². The Bertz CT molecular complexity index is 1390. The normalized spacial score (nSPS) is 13.5. The van der Waals surface area contributed by atoms with Gasteiger partial charge in [0.05, 0.1) is 52.2 Å². The molecule has 0 bridgehead atoms. The lowest BCUT2D eigenvalue weighted by Crippen LogP contribution is -2.28. The van der Waals surface area contributed by atoms with Gasteiger partial charge < -0.3 is 5.32 Å². The number of nitrogens with zero attached hydrogens (tertiary/aromatic N) is 6. The summed E-state index contributed by atoms with van der Waals surface area (Å²) < 4.78 is 2.06. The number of rotatable bonds is 3. The number of hydrogen-bond acceptors (Lipinski definition) is 6. The summed E-state index contributed by atoms with van der Waals surface area (Å²) in [4.78, 5) is 14.1. The van der Waals surface area contributed by atoms with E-state index in [1.165, 1.54) is 5.69 Å². The minimum Gasteiger partial charge on any atom is -0.309 e. The second kappa shape index (κ2) is 7.10. The van der Waals surface area contributed by atoms with Crippen LogP contribution >= 0.6 is 0 Å². The van der Waals surface area contributed by atoms with E-state index in [0.717, 1.165) is 70.3 Å². The number of hydrogen-bond donors (Lipinski definition) is 2. The van der Waals surface area contributed by atoms with Gasteiger partial charge in [-0.25, -0.2) is 4.98 Å². The van der Waals surface area contributed by atoms with Gasteiger partial charge in [0.15, 0.2) is 0 Å². The van der Waals surface area contributed by atoms with Gasteiger partial charge in [0.2, 0.25) is 0 Å². The number of nitrogens with one attached hydrogen (secondary N) is 2. The van der Waals surface area contributed by atoms with Crippen LogP contribution in [-0.4, -0.2) is 41.5 Å². The summed E-state index contributed by atoms with van der Waals surface area (Å²) in [5.74, 6) is 0. The van der Waals surface area contributed by atoms with Crippen LogP contribution in [0.4, 0.5) is 0 Å². The zero-order chi connectivity index (χ0) is 20.8. The lowest BCUT2D eigenvalue weighted by Gasteiger charge is -2.13. The molecule has 0 saturated heterocycles. The van der Waals surface area contributed by atoms with Crippen LogP contribution in [0.3, 0.4) is 0 Å². The Hall–Kier alpha value is -3.91. The summed E-state index contributed by atoms with van der Waals surface area (Å²) in [5, 5.41) is 15.4. The van der Waals surface area contributed by atoms with Gasteiger partial charge in [-0.1, -0.05) is 6.07 Å². The maximum Gasteiger partial charge on any atom is 0.0942 e. The number of aromatic nitrogens is 7. The zero-order valence-corrected chi connectivity index (χ0v) is 17.0. The van der Waals surface area contributed by atoms with Crippen molar-refractivity contribution in [2.45, 2.75) is 20.0 Å². The average Bonchev–Trinajstić information content (AvgIpc) is 3.46. The van der Waals surface area contributed by atoms with Gasteiger partial charge in [0.25, 0.3) is 0 Å². The van der Waals surface area contributed by atoms with Crippen molar-refractivity contribution in [2.75, 3.05) is 6.54 Å². The summed E-state index contributed by atoms with van der Waals surface area (Å²) in [6.45, 7) is 4.64. The molecule has 0 unspecified atom stereocenters. The second-order valence-electron chi connectivity index (χ2n) is 7.70. The number of fused-ring (bicyclic) bond motifs is 2. The van der Waals surface area contributed by atoms with Crippen LogP contribution in [0.25, 0.3) is 44.9 Å². The zero-order valence-electron chi connectivity index (χ0n) is 17.0. The van der Waals surface area contributed by atoms with Crippen molar-refractivity contribution < 1.29 is 0 Å². The maximum atomic E-state index is 4.90. The predicted octanol–water partition coefficient (Wildman–Crippen LogP) is 3.36. The first-order valence-electron chi connectivity index (χ1n) is 10.3. The van der Waals surface area contributed by atoms with E-state index >= 15 is 0 Å². The molecule has 5 aromatic rings. The van der Waals surface area contributed by atoms with Crippen LogP contribution in [0.1, 0.15) is 11.4 Å². The molecule has 6 heterocycles. The molecular formula is C23H20N8. The molecule has 0 aromatic carbocycles. The lowest BCUT2D eigenvalue weighted by atomic mass is 10.1. The minimum absolute atomic E-state index is 0.823.